The molecule has 0 saturated heterocycles. The number of hydrogen-bond acceptors (Lipinski definition) is 5. The first kappa shape index (κ1) is 29.8. The molecule has 0 amide bonds. The number of furan rings is 2. The molecular formula is C48H31N3O2. The minimum atomic E-state index is -0.0800. The molecule has 11 rings (SSSR count). The minimum Gasteiger partial charge on any atom is -0.456 e. The average molecular weight is 682 g/mol. The molecule has 0 N–H and O–H groups in total. The van der Waals surface area contributed by atoms with E-state index in [1.165, 1.54) is 27.8 Å². The van der Waals surface area contributed by atoms with E-state index in [0.29, 0.717) is 17.5 Å². The van der Waals surface area contributed by atoms with E-state index in [0.717, 1.165) is 66.1 Å². The van der Waals surface area contributed by atoms with E-state index >= 15 is 0 Å². The number of nitrogens with zero attached hydrogens (tertiary/aromatic N) is 3. The van der Waals surface area contributed by atoms with E-state index in [4.69, 9.17) is 23.8 Å². The summed E-state index contributed by atoms with van der Waals surface area (Å²) in [4.78, 5) is 15.3. The summed E-state index contributed by atoms with van der Waals surface area (Å²) in [6.45, 7) is 4.64. The SMILES string of the molecule is CC1(C)c2ccccc2-c2c(-c3ccc4oc5cccc(-c6nc(-c7ccccc7)nc(-c7ccc8c(c7)oc7ccccc78)n6)c5c4c3)cccc21. The first-order valence-electron chi connectivity index (χ1n) is 17.9. The van der Waals surface area contributed by atoms with Crippen molar-refractivity contribution in [3.8, 4) is 56.4 Å². The topological polar surface area (TPSA) is 65.0 Å². The van der Waals surface area contributed by atoms with Gasteiger partial charge < -0.3 is 8.83 Å². The fourth-order valence-corrected chi connectivity index (χ4v) is 8.38. The van der Waals surface area contributed by atoms with Crippen LogP contribution >= 0.6 is 0 Å². The van der Waals surface area contributed by atoms with Crippen LogP contribution in [0.4, 0.5) is 0 Å². The zero-order valence-corrected chi connectivity index (χ0v) is 29.1. The summed E-state index contributed by atoms with van der Waals surface area (Å²) in [7, 11) is 0. The largest absolute Gasteiger partial charge is 0.456 e. The third-order valence-electron chi connectivity index (χ3n) is 11.0. The fourth-order valence-electron chi connectivity index (χ4n) is 8.38. The summed E-state index contributed by atoms with van der Waals surface area (Å²) in [6.07, 6.45) is 0. The van der Waals surface area contributed by atoms with E-state index in [2.05, 4.69) is 98.8 Å². The van der Waals surface area contributed by atoms with Gasteiger partial charge in [0.25, 0.3) is 0 Å². The van der Waals surface area contributed by atoms with Crippen molar-refractivity contribution in [1.82, 2.24) is 15.0 Å². The van der Waals surface area contributed by atoms with Gasteiger partial charge in [-0.2, -0.15) is 0 Å². The number of aromatic nitrogens is 3. The average Bonchev–Trinajstić information content (AvgIpc) is 3.85. The van der Waals surface area contributed by atoms with Crippen LogP contribution in [-0.2, 0) is 5.41 Å². The Balaban J connectivity index is 1.12. The highest BCUT2D eigenvalue weighted by atomic mass is 16.3. The molecule has 3 aromatic heterocycles. The smallest absolute Gasteiger partial charge is 0.164 e. The highest BCUT2D eigenvalue weighted by Crippen LogP contribution is 2.52. The van der Waals surface area contributed by atoms with Crippen molar-refractivity contribution in [3.05, 3.63) is 163 Å². The van der Waals surface area contributed by atoms with Gasteiger partial charge in [0.2, 0.25) is 0 Å². The monoisotopic (exact) mass is 681 g/mol. The van der Waals surface area contributed by atoms with Crippen molar-refractivity contribution in [1.29, 1.82) is 0 Å². The van der Waals surface area contributed by atoms with Gasteiger partial charge in [0.05, 0.1) is 0 Å². The molecule has 53 heavy (non-hydrogen) atoms. The Morgan fingerprint density at radius 3 is 1.92 bits per heavy atom. The molecule has 7 aromatic carbocycles. The van der Waals surface area contributed by atoms with E-state index in [9.17, 15) is 0 Å². The van der Waals surface area contributed by atoms with Crippen LogP contribution in [0.1, 0.15) is 25.0 Å². The standard InChI is InChI=1S/C48H31N3O2/c1-48(2)37-18-8-6-15-34(37)43-31(16-10-19-38(43)48)29-23-25-40-36(26-29)44-35(17-11-21-41(44)52-40)47-50-45(28-12-4-3-5-13-28)49-46(51-47)30-22-24-33-32-14-7-9-20-39(32)53-42(33)27-30/h3-27H,1-2H3. The normalized spacial score (nSPS) is 13.2. The Morgan fingerprint density at radius 2 is 1.02 bits per heavy atom. The van der Waals surface area contributed by atoms with E-state index in [1.54, 1.807) is 0 Å². The molecule has 5 heteroatoms. The first-order valence-corrected chi connectivity index (χ1v) is 17.9. The van der Waals surface area contributed by atoms with Gasteiger partial charge in [-0.3, -0.25) is 0 Å². The first-order chi connectivity index (χ1) is 26.0. The van der Waals surface area contributed by atoms with E-state index in [-0.39, 0.29) is 5.41 Å². The lowest BCUT2D eigenvalue weighted by molar-refractivity contribution is 0.660. The Hall–Kier alpha value is -6.85. The molecule has 0 spiro atoms. The van der Waals surface area contributed by atoms with Gasteiger partial charge >= 0.3 is 0 Å². The molecule has 0 saturated carbocycles. The number of hydrogen-bond donors (Lipinski definition) is 0. The van der Waals surface area contributed by atoms with Gasteiger partial charge in [-0.05, 0) is 69.8 Å². The quantitative estimate of drug-likeness (QED) is 0.185. The Morgan fingerprint density at radius 1 is 0.396 bits per heavy atom. The Bertz CT molecular complexity index is 3100. The van der Waals surface area contributed by atoms with Crippen LogP contribution in [0.2, 0.25) is 0 Å². The van der Waals surface area contributed by atoms with Crippen LogP contribution in [0.25, 0.3) is 100 Å². The highest BCUT2D eigenvalue weighted by Gasteiger charge is 2.36. The van der Waals surface area contributed by atoms with Crippen LogP contribution in [0.5, 0.6) is 0 Å². The number of rotatable bonds is 4. The lowest BCUT2D eigenvalue weighted by Gasteiger charge is -2.21. The third kappa shape index (κ3) is 4.47. The lowest BCUT2D eigenvalue weighted by Crippen LogP contribution is -2.14. The van der Waals surface area contributed by atoms with Crippen LogP contribution in [0, 0.1) is 0 Å². The van der Waals surface area contributed by atoms with E-state index in [1.807, 2.05) is 66.7 Å². The highest BCUT2D eigenvalue weighted by molar-refractivity contribution is 6.13. The molecule has 0 radical (unpaired) electrons. The molecule has 10 aromatic rings. The zero-order chi connectivity index (χ0) is 35.3. The zero-order valence-electron chi connectivity index (χ0n) is 29.1. The summed E-state index contributed by atoms with van der Waals surface area (Å²) in [6, 6.07) is 52.5. The predicted octanol–water partition coefficient (Wildman–Crippen LogP) is 12.6. The van der Waals surface area contributed by atoms with Gasteiger partial charge in [-0.25, -0.2) is 15.0 Å². The molecule has 0 fully saturated rings. The fraction of sp³-hybridized carbons (Fsp3) is 0.0625. The second kappa shape index (κ2) is 11.1. The molecular weight excluding hydrogens is 651 g/mol. The van der Waals surface area contributed by atoms with Crippen molar-refractivity contribution >= 4 is 43.9 Å². The Labute approximate surface area is 305 Å². The van der Waals surface area contributed by atoms with Gasteiger partial charge in [0, 0.05) is 43.7 Å². The molecule has 0 unspecified atom stereocenters. The maximum absolute atomic E-state index is 6.51. The molecule has 3 heterocycles. The maximum Gasteiger partial charge on any atom is 0.164 e. The molecule has 1 aliphatic carbocycles. The van der Waals surface area contributed by atoms with Crippen molar-refractivity contribution in [3.63, 3.8) is 0 Å². The summed E-state index contributed by atoms with van der Waals surface area (Å²) in [5.41, 5.74) is 13.5. The second-order valence-electron chi connectivity index (χ2n) is 14.4. The van der Waals surface area contributed by atoms with Gasteiger partial charge in [0.1, 0.15) is 22.3 Å². The number of fused-ring (bicyclic) bond motifs is 9. The molecule has 0 atom stereocenters. The van der Waals surface area contributed by atoms with Crippen LogP contribution < -0.4 is 0 Å². The van der Waals surface area contributed by atoms with Crippen molar-refractivity contribution in [2.24, 2.45) is 0 Å². The summed E-state index contributed by atoms with van der Waals surface area (Å²) < 4.78 is 12.8. The number of para-hydroxylation sites is 1. The molecule has 0 bridgehead atoms. The van der Waals surface area contributed by atoms with E-state index < -0.39 is 0 Å². The van der Waals surface area contributed by atoms with Gasteiger partial charge in [0.15, 0.2) is 17.5 Å². The maximum atomic E-state index is 6.51. The molecule has 0 aliphatic heterocycles. The van der Waals surface area contributed by atoms with Crippen LogP contribution in [-0.4, -0.2) is 15.0 Å². The van der Waals surface area contributed by atoms with Crippen molar-refractivity contribution in [2.45, 2.75) is 19.3 Å². The summed E-state index contributed by atoms with van der Waals surface area (Å²) in [5, 5.41) is 4.13. The minimum absolute atomic E-state index is 0.0800. The van der Waals surface area contributed by atoms with Crippen LogP contribution in [0.3, 0.4) is 0 Å². The summed E-state index contributed by atoms with van der Waals surface area (Å²) in [5.74, 6) is 1.75. The predicted molar refractivity (Wildman–Crippen MR) is 214 cm³/mol. The Kier molecular flexibility index (Phi) is 6.23. The van der Waals surface area contributed by atoms with Crippen LogP contribution in [0.15, 0.2) is 160 Å². The lowest BCUT2D eigenvalue weighted by atomic mass is 9.82. The number of benzene rings is 7. The van der Waals surface area contributed by atoms with Gasteiger partial charge in [-0.1, -0.05) is 129 Å². The van der Waals surface area contributed by atoms with Crippen molar-refractivity contribution in [2.75, 3.05) is 0 Å². The molecule has 5 nitrogen and oxygen atoms in total. The molecule has 250 valence electrons. The van der Waals surface area contributed by atoms with Gasteiger partial charge in [-0.15, -0.1) is 0 Å². The third-order valence-corrected chi connectivity index (χ3v) is 11.0. The second-order valence-corrected chi connectivity index (χ2v) is 14.4. The summed E-state index contributed by atoms with van der Waals surface area (Å²) >= 11 is 0. The molecule has 1 aliphatic rings. The van der Waals surface area contributed by atoms with Crippen molar-refractivity contribution < 1.29 is 8.83 Å².